The highest BCUT2D eigenvalue weighted by Crippen LogP contribution is 2.38. The molecule has 1 amide bonds. The standard InChI is InChI=1S/C17H16N4O3S3/c1-10-5-6-13-12(8-10)9-11(2)21(13)27(23,24)17-20-19-16(26-17)18-15(22)14-4-3-7-25-14/h3-8,11H,9H2,1-2H3,(H,18,19,22)/t11-/m1/s1. The molecule has 27 heavy (non-hydrogen) atoms. The Bertz CT molecular complexity index is 1110. The monoisotopic (exact) mass is 420 g/mol. The Hall–Kier alpha value is -2.30. The number of thiophene rings is 1. The Morgan fingerprint density at radius 1 is 1.30 bits per heavy atom. The second-order valence-electron chi connectivity index (χ2n) is 6.29. The van der Waals surface area contributed by atoms with Gasteiger partial charge in [0.2, 0.25) is 5.13 Å². The topological polar surface area (TPSA) is 92.3 Å². The highest BCUT2D eigenvalue weighted by molar-refractivity contribution is 7.94. The summed E-state index contributed by atoms with van der Waals surface area (Å²) >= 11 is 2.15. The first-order valence-electron chi connectivity index (χ1n) is 8.18. The molecule has 0 aliphatic carbocycles. The Morgan fingerprint density at radius 3 is 2.85 bits per heavy atom. The molecule has 1 N–H and O–H groups in total. The number of aromatic nitrogens is 2. The van der Waals surface area contributed by atoms with Crippen LogP contribution in [-0.2, 0) is 16.4 Å². The van der Waals surface area contributed by atoms with Crippen molar-refractivity contribution in [3.63, 3.8) is 0 Å². The van der Waals surface area contributed by atoms with Gasteiger partial charge in [-0.05, 0) is 43.3 Å². The van der Waals surface area contributed by atoms with Gasteiger partial charge in [-0.1, -0.05) is 35.1 Å². The number of sulfonamides is 1. The van der Waals surface area contributed by atoms with Crippen molar-refractivity contribution in [1.82, 2.24) is 10.2 Å². The van der Waals surface area contributed by atoms with E-state index in [-0.39, 0.29) is 21.4 Å². The molecule has 4 rings (SSSR count). The SMILES string of the molecule is Cc1ccc2c(c1)C[C@@H](C)N2S(=O)(=O)c1nnc(NC(=O)c2cccs2)s1. The van der Waals surface area contributed by atoms with Crippen molar-refractivity contribution in [2.24, 2.45) is 0 Å². The van der Waals surface area contributed by atoms with Crippen LogP contribution >= 0.6 is 22.7 Å². The normalized spacial score (nSPS) is 16.4. The number of nitrogens with zero attached hydrogens (tertiary/aromatic N) is 3. The van der Waals surface area contributed by atoms with Crippen LogP contribution in [0.5, 0.6) is 0 Å². The maximum Gasteiger partial charge on any atom is 0.293 e. The molecule has 0 bridgehead atoms. The first-order chi connectivity index (χ1) is 12.9. The van der Waals surface area contributed by atoms with Crippen LogP contribution in [-0.4, -0.2) is 30.6 Å². The summed E-state index contributed by atoms with van der Waals surface area (Å²) in [6.45, 7) is 3.85. The summed E-state index contributed by atoms with van der Waals surface area (Å²) in [5, 5.41) is 12.2. The van der Waals surface area contributed by atoms with Crippen LogP contribution in [0.2, 0.25) is 0 Å². The van der Waals surface area contributed by atoms with Crippen LogP contribution in [0.15, 0.2) is 40.1 Å². The zero-order valence-electron chi connectivity index (χ0n) is 14.5. The lowest BCUT2D eigenvalue weighted by molar-refractivity contribution is 0.103. The number of nitrogens with one attached hydrogen (secondary N) is 1. The van der Waals surface area contributed by atoms with Gasteiger partial charge in [-0.3, -0.25) is 14.4 Å². The van der Waals surface area contributed by atoms with E-state index in [0.717, 1.165) is 22.5 Å². The number of hydrogen-bond donors (Lipinski definition) is 1. The first-order valence-corrected chi connectivity index (χ1v) is 11.3. The Labute approximate surface area is 164 Å². The largest absolute Gasteiger partial charge is 0.296 e. The number of hydrogen-bond acceptors (Lipinski definition) is 7. The maximum atomic E-state index is 13.1. The van der Waals surface area contributed by atoms with Gasteiger partial charge in [-0.2, -0.15) is 8.42 Å². The van der Waals surface area contributed by atoms with Gasteiger partial charge < -0.3 is 0 Å². The number of amides is 1. The van der Waals surface area contributed by atoms with E-state index in [2.05, 4.69) is 15.5 Å². The van der Waals surface area contributed by atoms with Crippen LogP contribution in [0.25, 0.3) is 0 Å². The molecular formula is C17H16N4O3S3. The molecule has 10 heteroatoms. The van der Waals surface area contributed by atoms with Gasteiger partial charge in [0.15, 0.2) is 0 Å². The number of anilines is 2. The predicted octanol–water partition coefficient (Wildman–Crippen LogP) is 3.30. The van der Waals surface area contributed by atoms with Crippen molar-refractivity contribution < 1.29 is 13.2 Å². The van der Waals surface area contributed by atoms with Gasteiger partial charge in [0.05, 0.1) is 10.6 Å². The molecule has 140 valence electrons. The number of rotatable bonds is 4. The molecule has 0 unspecified atom stereocenters. The van der Waals surface area contributed by atoms with Gasteiger partial charge in [-0.15, -0.1) is 21.5 Å². The van der Waals surface area contributed by atoms with E-state index in [4.69, 9.17) is 0 Å². The molecule has 3 aromatic rings. The molecule has 3 heterocycles. The summed E-state index contributed by atoms with van der Waals surface area (Å²) in [7, 11) is -3.85. The maximum absolute atomic E-state index is 13.1. The molecule has 1 atom stereocenters. The molecule has 1 aliphatic rings. The van der Waals surface area contributed by atoms with Crippen LogP contribution in [0.1, 0.15) is 27.7 Å². The van der Waals surface area contributed by atoms with Crippen molar-refractivity contribution in [1.29, 1.82) is 0 Å². The van der Waals surface area contributed by atoms with Crippen LogP contribution in [0.3, 0.4) is 0 Å². The number of benzene rings is 1. The van der Waals surface area contributed by atoms with E-state index in [9.17, 15) is 13.2 Å². The van der Waals surface area contributed by atoms with Crippen molar-refractivity contribution in [3.05, 3.63) is 51.7 Å². The predicted molar refractivity (Wildman–Crippen MR) is 106 cm³/mol. The third-order valence-corrected chi connectivity index (χ3v) is 8.22. The van der Waals surface area contributed by atoms with Crippen LogP contribution in [0.4, 0.5) is 10.8 Å². The van der Waals surface area contributed by atoms with Gasteiger partial charge in [0.25, 0.3) is 20.3 Å². The molecule has 0 saturated heterocycles. The number of carbonyl (C=O) groups is 1. The molecule has 1 aliphatic heterocycles. The van der Waals surface area contributed by atoms with E-state index < -0.39 is 10.0 Å². The van der Waals surface area contributed by atoms with Crippen molar-refractivity contribution in [2.75, 3.05) is 9.62 Å². The quantitative estimate of drug-likeness (QED) is 0.654. The fourth-order valence-electron chi connectivity index (χ4n) is 3.11. The summed E-state index contributed by atoms with van der Waals surface area (Å²) in [5.74, 6) is -0.333. The number of fused-ring (bicyclic) bond motifs is 1. The summed E-state index contributed by atoms with van der Waals surface area (Å²) < 4.78 is 27.5. The van der Waals surface area contributed by atoms with Crippen LogP contribution < -0.4 is 9.62 Å². The molecule has 0 radical (unpaired) electrons. The molecule has 1 aromatic carbocycles. The lowest BCUT2D eigenvalue weighted by atomic mass is 10.1. The van der Waals surface area contributed by atoms with Crippen LogP contribution in [0, 0.1) is 6.92 Å². The average molecular weight is 421 g/mol. The summed E-state index contributed by atoms with van der Waals surface area (Å²) in [6, 6.07) is 8.97. The number of carbonyl (C=O) groups excluding carboxylic acids is 1. The third kappa shape index (κ3) is 3.24. The molecule has 0 fully saturated rings. The minimum absolute atomic E-state index is 0.135. The van der Waals surface area contributed by atoms with Gasteiger partial charge in [0.1, 0.15) is 0 Å². The second kappa shape index (κ2) is 6.70. The van der Waals surface area contributed by atoms with Gasteiger partial charge in [0, 0.05) is 6.04 Å². The zero-order chi connectivity index (χ0) is 19.2. The van der Waals surface area contributed by atoms with Crippen molar-refractivity contribution in [2.45, 2.75) is 30.6 Å². The zero-order valence-corrected chi connectivity index (χ0v) is 17.0. The lowest BCUT2D eigenvalue weighted by Gasteiger charge is -2.22. The average Bonchev–Trinajstić information content (AvgIpc) is 3.33. The minimum Gasteiger partial charge on any atom is -0.296 e. The first kappa shape index (κ1) is 18.1. The van der Waals surface area contributed by atoms with E-state index in [1.165, 1.54) is 15.6 Å². The van der Waals surface area contributed by atoms with Crippen molar-refractivity contribution >= 4 is 49.4 Å². The molecule has 0 spiro atoms. The number of aryl methyl sites for hydroxylation is 1. The highest BCUT2D eigenvalue weighted by atomic mass is 32.2. The molecular weight excluding hydrogens is 404 g/mol. The highest BCUT2D eigenvalue weighted by Gasteiger charge is 2.38. The Kier molecular flexibility index (Phi) is 4.49. The minimum atomic E-state index is -3.85. The van der Waals surface area contributed by atoms with Crippen molar-refractivity contribution in [3.8, 4) is 0 Å². The van der Waals surface area contributed by atoms with E-state index in [1.807, 2.05) is 32.0 Å². The Balaban J connectivity index is 1.62. The second-order valence-corrected chi connectivity index (χ2v) is 10.2. The summed E-state index contributed by atoms with van der Waals surface area (Å²) in [4.78, 5) is 12.6. The fourth-order valence-corrected chi connectivity index (χ4v) is 6.40. The third-order valence-electron chi connectivity index (χ3n) is 4.24. The Morgan fingerprint density at radius 2 is 2.11 bits per heavy atom. The molecule has 7 nitrogen and oxygen atoms in total. The summed E-state index contributed by atoms with van der Waals surface area (Å²) in [5.41, 5.74) is 2.77. The van der Waals surface area contributed by atoms with Gasteiger partial charge in [-0.25, -0.2) is 0 Å². The molecule has 0 saturated carbocycles. The van der Waals surface area contributed by atoms with Gasteiger partial charge >= 0.3 is 0 Å². The summed E-state index contributed by atoms with van der Waals surface area (Å²) in [6.07, 6.45) is 0.650. The smallest absolute Gasteiger partial charge is 0.293 e. The van der Waals surface area contributed by atoms with E-state index in [0.29, 0.717) is 17.0 Å². The van der Waals surface area contributed by atoms with E-state index in [1.54, 1.807) is 17.5 Å². The molecule has 2 aromatic heterocycles. The van der Waals surface area contributed by atoms with E-state index >= 15 is 0 Å². The fraction of sp³-hybridized carbons (Fsp3) is 0.235. The lowest BCUT2D eigenvalue weighted by Crippen LogP contribution is -2.35.